The van der Waals surface area contributed by atoms with E-state index >= 15 is 0 Å². The molecule has 0 aromatic rings. The Kier molecular flexibility index (Phi) is 1.40. The molecule has 0 amide bonds. The maximum atomic E-state index is 4.32. The van der Waals surface area contributed by atoms with Crippen LogP contribution in [-0.4, -0.2) is 0 Å². The van der Waals surface area contributed by atoms with Crippen molar-refractivity contribution in [2.45, 2.75) is 25.7 Å². The van der Waals surface area contributed by atoms with Gasteiger partial charge in [-0.1, -0.05) is 0 Å². The molecule has 2 radical (unpaired) electrons. The molecule has 0 nitrogen and oxygen atoms in total. The minimum Gasteiger partial charge on any atom is -0.0499 e. The first-order chi connectivity index (χ1) is 5.77. The van der Waals surface area contributed by atoms with Crippen molar-refractivity contribution in [2.75, 3.05) is 0 Å². The molecular weight excluding hydrogens is 144 g/mol. The molecule has 3 saturated carbocycles. The fraction of sp³-hybridized carbons (Fsp3) is 0.833. The van der Waals surface area contributed by atoms with Crippen molar-refractivity contribution >= 4 is 0 Å². The van der Waals surface area contributed by atoms with Gasteiger partial charge in [0.1, 0.15) is 0 Å². The molecule has 0 heteroatoms. The molecule has 66 valence electrons. The molecule has 3 rings (SSSR count). The van der Waals surface area contributed by atoms with Gasteiger partial charge in [-0.25, -0.2) is 0 Å². The zero-order chi connectivity index (χ0) is 8.29. The Morgan fingerprint density at radius 3 is 2.42 bits per heavy atom. The summed E-state index contributed by atoms with van der Waals surface area (Å²) in [5.74, 6) is 5.50. The third-order valence-corrected chi connectivity index (χ3v) is 4.83. The second-order valence-corrected chi connectivity index (χ2v) is 5.23. The van der Waals surface area contributed by atoms with Crippen LogP contribution in [0.15, 0.2) is 0 Å². The molecular formula is C12H18. The lowest BCUT2D eigenvalue weighted by molar-refractivity contribution is 0.230. The van der Waals surface area contributed by atoms with E-state index in [2.05, 4.69) is 13.8 Å². The van der Waals surface area contributed by atoms with Gasteiger partial charge in [-0.3, -0.25) is 0 Å². The Morgan fingerprint density at radius 1 is 0.917 bits per heavy atom. The van der Waals surface area contributed by atoms with Gasteiger partial charge in [0.05, 0.1) is 0 Å². The second kappa shape index (κ2) is 2.27. The largest absolute Gasteiger partial charge is 0.0499 e. The summed E-state index contributed by atoms with van der Waals surface area (Å²) in [6.07, 6.45) is 5.95. The van der Waals surface area contributed by atoms with Crippen molar-refractivity contribution in [2.24, 2.45) is 35.5 Å². The summed E-state index contributed by atoms with van der Waals surface area (Å²) in [6, 6.07) is 0. The topological polar surface area (TPSA) is 0 Å². The van der Waals surface area contributed by atoms with Crippen LogP contribution in [0, 0.1) is 49.4 Å². The van der Waals surface area contributed by atoms with Crippen LogP contribution >= 0.6 is 0 Å². The first kappa shape index (κ1) is 7.41. The summed E-state index contributed by atoms with van der Waals surface area (Å²) in [4.78, 5) is 0. The molecule has 6 atom stereocenters. The molecule has 6 unspecified atom stereocenters. The van der Waals surface area contributed by atoms with E-state index in [4.69, 9.17) is 0 Å². The molecule has 2 bridgehead atoms. The van der Waals surface area contributed by atoms with Crippen molar-refractivity contribution in [3.63, 3.8) is 0 Å². The highest BCUT2D eigenvalue weighted by molar-refractivity contribution is 5.06. The molecule has 0 aromatic heterocycles. The van der Waals surface area contributed by atoms with Gasteiger partial charge in [-0.05, 0) is 75.0 Å². The fourth-order valence-electron chi connectivity index (χ4n) is 4.31. The smallest absolute Gasteiger partial charge is 0.0323 e. The first-order valence-electron chi connectivity index (χ1n) is 5.43. The molecule has 12 heavy (non-hydrogen) atoms. The van der Waals surface area contributed by atoms with Gasteiger partial charge in [0.2, 0.25) is 0 Å². The van der Waals surface area contributed by atoms with Gasteiger partial charge in [0.15, 0.2) is 0 Å². The maximum Gasteiger partial charge on any atom is -0.0323 e. The Balaban J connectivity index is 1.90. The summed E-state index contributed by atoms with van der Waals surface area (Å²) in [5.41, 5.74) is 0. The summed E-state index contributed by atoms with van der Waals surface area (Å²) in [6.45, 7) is 8.55. The number of fused-ring (bicyclic) bond motifs is 5. The van der Waals surface area contributed by atoms with E-state index in [1.54, 1.807) is 0 Å². The van der Waals surface area contributed by atoms with Gasteiger partial charge in [0, 0.05) is 0 Å². The first-order valence-corrected chi connectivity index (χ1v) is 5.43. The number of hydrogen-bond donors (Lipinski definition) is 0. The van der Waals surface area contributed by atoms with Gasteiger partial charge < -0.3 is 0 Å². The van der Waals surface area contributed by atoms with Crippen LogP contribution in [0.5, 0.6) is 0 Å². The summed E-state index contributed by atoms with van der Waals surface area (Å²) in [5, 5.41) is 0. The average Bonchev–Trinajstić information content (AvgIpc) is 2.66. The van der Waals surface area contributed by atoms with Crippen LogP contribution < -0.4 is 0 Å². The zero-order valence-corrected chi connectivity index (χ0v) is 7.71. The molecule has 0 saturated heterocycles. The van der Waals surface area contributed by atoms with E-state index < -0.39 is 0 Å². The highest BCUT2D eigenvalue weighted by Gasteiger charge is 2.54. The van der Waals surface area contributed by atoms with Crippen molar-refractivity contribution in [3.8, 4) is 0 Å². The minimum absolute atomic E-state index is 0.670. The second-order valence-electron chi connectivity index (χ2n) is 5.23. The van der Waals surface area contributed by atoms with Gasteiger partial charge in [0.25, 0.3) is 0 Å². The fourth-order valence-corrected chi connectivity index (χ4v) is 4.31. The minimum atomic E-state index is 0.670. The normalized spacial score (nSPS) is 62.5. The lowest BCUT2D eigenvalue weighted by Crippen LogP contribution is -2.21. The van der Waals surface area contributed by atoms with Crippen LogP contribution in [0.25, 0.3) is 0 Å². The van der Waals surface area contributed by atoms with E-state index in [1.165, 1.54) is 25.7 Å². The van der Waals surface area contributed by atoms with E-state index in [-0.39, 0.29) is 0 Å². The van der Waals surface area contributed by atoms with Crippen LogP contribution in [0.3, 0.4) is 0 Å². The predicted molar refractivity (Wildman–Crippen MR) is 50.1 cm³/mol. The predicted octanol–water partition coefficient (Wildman–Crippen LogP) is 2.95. The molecule has 0 heterocycles. The third-order valence-electron chi connectivity index (χ3n) is 4.83. The monoisotopic (exact) mass is 162 g/mol. The highest BCUT2D eigenvalue weighted by atomic mass is 14.6. The van der Waals surface area contributed by atoms with Crippen LogP contribution in [0.1, 0.15) is 25.7 Å². The third kappa shape index (κ3) is 0.744. The Bertz CT molecular complexity index is 194. The summed E-state index contributed by atoms with van der Waals surface area (Å²) in [7, 11) is 0. The molecule has 3 fully saturated rings. The van der Waals surface area contributed by atoms with Crippen LogP contribution in [-0.2, 0) is 0 Å². The number of rotatable bonds is 0. The Hall–Kier alpha value is 0. The van der Waals surface area contributed by atoms with Crippen LogP contribution in [0.2, 0.25) is 0 Å². The Labute approximate surface area is 75.7 Å². The van der Waals surface area contributed by atoms with E-state index in [0.29, 0.717) is 11.8 Å². The molecule has 0 N–H and O–H groups in total. The molecule has 3 aliphatic carbocycles. The maximum absolute atomic E-state index is 4.32. The van der Waals surface area contributed by atoms with Crippen molar-refractivity contribution in [1.29, 1.82) is 0 Å². The molecule has 0 aliphatic heterocycles. The van der Waals surface area contributed by atoms with Crippen LogP contribution in [0.4, 0.5) is 0 Å². The SMILES string of the molecule is [CH2]C1CC2C3CCC(C3)C2C1[CH2]. The highest BCUT2D eigenvalue weighted by Crippen LogP contribution is 2.61. The molecule has 0 aromatic carbocycles. The van der Waals surface area contributed by atoms with E-state index in [9.17, 15) is 0 Å². The molecule has 3 aliphatic rings. The molecule has 0 spiro atoms. The van der Waals surface area contributed by atoms with Crippen molar-refractivity contribution < 1.29 is 0 Å². The van der Waals surface area contributed by atoms with Crippen molar-refractivity contribution in [1.82, 2.24) is 0 Å². The van der Waals surface area contributed by atoms with Gasteiger partial charge >= 0.3 is 0 Å². The van der Waals surface area contributed by atoms with E-state index in [1.807, 2.05) is 0 Å². The zero-order valence-electron chi connectivity index (χ0n) is 7.71. The van der Waals surface area contributed by atoms with Crippen molar-refractivity contribution in [3.05, 3.63) is 13.8 Å². The van der Waals surface area contributed by atoms with Gasteiger partial charge in [-0.15, -0.1) is 0 Å². The standard InChI is InChI=1S/C12H18/c1-7-5-11-9-3-4-10(6-9)12(11)8(7)2/h7-12H,1-6H2. The average molecular weight is 162 g/mol. The Morgan fingerprint density at radius 2 is 1.67 bits per heavy atom. The summed E-state index contributed by atoms with van der Waals surface area (Å²) >= 11 is 0. The summed E-state index contributed by atoms with van der Waals surface area (Å²) < 4.78 is 0. The van der Waals surface area contributed by atoms with Gasteiger partial charge in [-0.2, -0.15) is 0 Å². The lowest BCUT2D eigenvalue weighted by Gasteiger charge is -2.27. The quantitative estimate of drug-likeness (QED) is 0.513. The number of hydrogen-bond acceptors (Lipinski definition) is 0. The lowest BCUT2D eigenvalue weighted by atomic mass is 9.78. The van der Waals surface area contributed by atoms with E-state index in [0.717, 1.165) is 23.7 Å².